The molecule has 2 N–H and O–H groups in total. The molecule has 0 unspecified atom stereocenters. The van der Waals surface area contributed by atoms with Crippen molar-refractivity contribution in [2.75, 3.05) is 5.01 Å². The summed E-state index contributed by atoms with van der Waals surface area (Å²) in [6, 6.07) is 3.27. The number of carbonyl (C=O) groups excluding carboxylic acids is 1. The van der Waals surface area contributed by atoms with Crippen molar-refractivity contribution in [2.45, 2.75) is 11.3 Å². The van der Waals surface area contributed by atoms with E-state index in [1.54, 1.807) is 0 Å². The smallest absolute Gasteiger partial charge is 0.352 e. The number of halogens is 1. The predicted molar refractivity (Wildman–Crippen MR) is 68.4 cm³/mol. The first-order chi connectivity index (χ1) is 9.20. The molecule has 0 fully saturated rings. The van der Waals surface area contributed by atoms with Crippen LogP contribution in [0.25, 0.3) is 0 Å². The maximum absolute atomic E-state index is 11.6. The third-order valence-corrected chi connectivity index (χ3v) is 3.80. The number of benzene rings is 1. The average Bonchev–Trinajstić information content (AvgIpc) is 2.69. The molecule has 0 aliphatic carbocycles. The molecule has 1 aromatic carbocycles. The summed E-state index contributed by atoms with van der Waals surface area (Å²) >= 11 is 5.70. The van der Waals surface area contributed by atoms with Crippen LogP contribution in [-0.2, 0) is 19.7 Å². The molecule has 20 heavy (non-hydrogen) atoms. The highest BCUT2D eigenvalue weighted by molar-refractivity contribution is 7.86. The molecule has 2 rings (SSSR count). The van der Waals surface area contributed by atoms with Crippen molar-refractivity contribution in [3.63, 3.8) is 0 Å². The van der Waals surface area contributed by atoms with E-state index in [-0.39, 0.29) is 22.8 Å². The Kier molecular flexibility index (Phi) is 3.50. The van der Waals surface area contributed by atoms with Gasteiger partial charge in [0.15, 0.2) is 5.71 Å². The minimum Gasteiger partial charge on any atom is -0.477 e. The number of carbonyl (C=O) groups is 2. The summed E-state index contributed by atoms with van der Waals surface area (Å²) in [7, 11) is -4.48. The standard InChI is InChI=1S/C10H7ClN2O6S/c11-6-3-5(1-2-8(6)20(17,18)19)13-9(14)4-7(12-13)10(15)16/h1-3H,4H2,(H,15,16)(H,17,18,19). The lowest BCUT2D eigenvalue weighted by Crippen LogP contribution is -2.19. The number of hydrogen-bond donors (Lipinski definition) is 2. The molecule has 0 saturated heterocycles. The molecular formula is C10H7ClN2O6S. The van der Waals surface area contributed by atoms with Crippen LogP contribution in [-0.4, -0.2) is 35.7 Å². The van der Waals surface area contributed by atoms with Crippen molar-refractivity contribution < 1.29 is 27.7 Å². The van der Waals surface area contributed by atoms with Crippen LogP contribution in [0.3, 0.4) is 0 Å². The summed E-state index contributed by atoms with van der Waals surface area (Å²) in [4.78, 5) is 21.8. The molecule has 1 heterocycles. The fourth-order valence-electron chi connectivity index (χ4n) is 1.58. The highest BCUT2D eigenvalue weighted by atomic mass is 35.5. The Hall–Kier alpha value is -1.97. The molecule has 1 amide bonds. The van der Waals surface area contributed by atoms with Gasteiger partial charge in [-0.2, -0.15) is 18.5 Å². The van der Waals surface area contributed by atoms with E-state index in [0.717, 1.165) is 17.1 Å². The number of hydrogen-bond acceptors (Lipinski definition) is 5. The van der Waals surface area contributed by atoms with Gasteiger partial charge in [0.05, 0.1) is 17.1 Å². The minimum atomic E-state index is -4.48. The SMILES string of the molecule is O=C(O)C1=NN(c2ccc(S(=O)(=O)O)c(Cl)c2)C(=O)C1. The van der Waals surface area contributed by atoms with Gasteiger partial charge in [0.2, 0.25) is 0 Å². The second-order valence-corrected chi connectivity index (χ2v) is 5.62. The topological polar surface area (TPSA) is 124 Å². The third-order valence-electron chi connectivity index (χ3n) is 2.46. The van der Waals surface area contributed by atoms with Crippen molar-refractivity contribution in [1.29, 1.82) is 0 Å². The largest absolute Gasteiger partial charge is 0.477 e. The lowest BCUT2D eigenvalue weighted by molar-refractivity contribution is -0.129. The van der Waals surface area contributed by atoms with Crippen LogP contribution >= 0.6 is 11.6 Å². The van der Waals surface area contributed by atoms with Gasteiger partial charge in [-0.05, 0) is 18.2 Å². The zero-order chi connectivity index (χ0) is 15.1. The fraction of sp³-hybridized carbons (Fsp3) is 0.100. The Balaban J connectivity index is 2.43. The molecule has 0 atom stereocenters. The lowest BCUT2D eigenvalue weighted by Gasteiger charge is -2.12. The minimum absolute atomic E-state index is 0.101. The van der Waals surface area contributed by atoms with Gasteiger partial charge in [0.1, 0.15) is 4.90 Å². The second kappa shape index (κ2) is 4.85. The van der Waals surface area contributed by atoms with Gasteiger partial charge in [0.25, 0.3) is 16.0 Å². The average molecular weight is 319 g/mol. The highest BCUT2D eigenvalue weighted by Crippen LogP contribution is 2.29. The molecular weight excluding hydrogens is 312 g/mol. The van der Waals surface area contributed by atoms with E-state index in [4.69, 9.17) is 21.3 Å². The van der Waals surface area contributed by atoms with Crippen LogP contribution in [0, 0.1) is 0 Å². The van der Waals surface area contributed by atoms with Crippen LogP contribution in [0.2, 0.25) is 5.02 Å². The summed E-state index contributed by atoms with van der Waals surface area (Å²) in [6.45, 7) is 0. The van der Waals surface area contributed by atoms with Crippen molar-refractivity contribution >= 4 is 45.0 Å². The summed E-state index contributed by atoms with van der Waals surface area (Å²) < 4.78 is 30.8. The molecule has 0 spiro atoms. The van der Waals surface area contributed by atoms with Crippen LogP contribution < -0.4 is 5.01 Å². The summed E-state index contributed by atoms with van der Waals surface area (Å²) in [5.41, 5.74) is -0.228. The Morgan fingerprint density at radius 2 is 2.05 bits per heavy atom. The van der Waals surface area contributed by atoms with Crippen molar-refractivity contribution in [3.05, 3.63) is 23.2 Å². The van der Waals surface area contributed by atoms with Crippen molar-refractivity contribution in [2.24, 2.45) is 5.10 Å². The first-order valence-corrected chi connectivity index (χ1v) is 6.92. The molecule has 1 aliphatic rings. The Labute approximate surface area is 118 Å². The number of carboxylic acid groups (broad SMARTS) is 1. The molecule has 0 radical (unpaired) electrons. The van der Waals surface area contributed by atoms with E-state index in [2.05, 4.69) is 5.10 Å². The van der Waals surface area contributed by atoms with Crippen LogP contribution in [0.15, 0.2) is 28.2 Å². The Morgan fingerprint density at radius 1 is 1.40 bits per heavy atom. The summed E-state index contributed by atoms with van der Waals surface area (Å²) in [6.07, 6.45) is -0.368. The number of carboxylic acids is 1. The first kappa shape index (κ1) is 14.4. The zero-order valence-corrected chi connectivity index (χ0v) is 11.2. The molecule has 1 aromatic rings. The molecule has 106 valence electrons. The fourth-order valence-corrected chi connectivity index (χ4v) is 2.59. The Morgan fingerprint density at radius 3 is 2.50 bits per heavy atom. The van der Waals surface area contributed by atoms with Gasteiger partial charge in [-0.3, -0.25) is 9.35 Å². The predicted octanol–water partition coefficient (Wildman–Crippen LogP) is 0.764. The van der Waals surface area contributed by atoms with E-state index in [9.17, 15) is 18.0 Å². The summed E-state index contributed by atoms with van der Waals surface area (Å²) in [5, 5.41) is 12.9. The van der Waals surface area contributed by atoms with Crippen LogP contribution in [0.5, 0.6) is 0 Å². The quantitative estimate of drug-likeness (QED) is 0.793. The van der Waals surface area contributed by atoms with Gasteiger partial charge >= 0.3 is 5.97 Å². The van der Waals surface area contributed by atoms with Gasteiger partial charge in [-0.25, -0.2) is 4.79 Å². The number of rotatable bonds is 3. The van der Waals surface area contributed by atoms with Gasteiger partial charge in [-0.1, -0.05) is 11.6 Å². The van der Waals surface area contributed by atoms with Gasteiger partial charge in [-0.15, -0.1) is 0 Å². The van der Waals surface area contributed by atoms with Crippen LogP contribution in [0.1, 0.15) is 6.42 Å². The van der Waals surface area contributed by atoms with Crippen molar-refractivity contribution in [3.8, 4) is 0 Å². The van der Waals surface area contributed by atoms with E-state index < -0.39 is 26.9 Å². The summed E-state index contributed by atoms with van der Waals surface area (Å²) in [5.74, 6) is -1.90. The maximum Gasteiger partial charge on any atom is 0.352 e. The van der Waals surface area contributed by atoms with E-state index in [1.165, 1.54) is 6.07 Å². The number of aliphatic carboxylic acids is 1. The lowest BCUT2D eigenvalue weighted by atomic mass is 10.2. The molecule has 8 nitrogen and oxygen atoms in total. The Bertz CT molecular complexity index is 742. The first-order valence-electron chi connectivity index (χ1n) is 5.11. The molecule has 0 saturated carbocycles. The second-order valence-electron chi connectivity index (χ2n) is 3.82. The number of anilines is 1. The molecule has 10 heteroatoms. The van der Waals surface area contributed by atoms with E-state index in [0.29, 0.717) is 0 Å². The van der Waals surface area contributed by atoms with Crippen LogP contribution in [0.4, 0.5) is 5.69 Å². The van der Waals surface area contributed by atoms with Gasteiger partial charge in [0, 0.05) is 0 Å². The maximum atomic E-state index is 11.6. The number of amides is 1. The van der Waals surface area contributed by atoms with E-state index >= 15 is 0 Å². The molecule has 1 aliphatic heterocycles. The third kappa shape index (κ3) is 2.64. The van der Waals surface area contributed by atoms with E-state index in [1.807, 2.05) is 0 Å². The van der Waals surface area contributed by atoms with Gasteiger partial charge < -0.3 is 5.11 Å². The molecule has 0 aromatic heterocycles. The monoisotopic (exact) mass is 318 g/mol. The number of hydrazone groups is 1. The normalized spacial score (nSPS) is 15.4. The molecule has 0 bridgehead atoms. The number of nitrogens with zero attached hydrogens (tertiary/aromatic N) is 2. The zero-order valence-electron chi connectivity index (χ0n) is 9.65. The van der Waals surface area contributed by atoms with Crippen molar-refractivity contribution in [1.82, 2.24) is 0 Å². The highest BCUT2D eigenvalue weighted by Gasteiger charge is 2.29.